The Bertz CT molecular complexity index is 423. The lowest BCUT2D eigenvalue weighted by Crippen LogP contribution is -2.30. The number of carbonyl (C=O) groups excluding carboxylic acids is 2. The molecule has 0 aromatic heterocycles. The summed E-state index contributed by atoms with van der Waals surface area (Å²) in [6.45, 7) is 5.62. The normalized spacial score (nSPS) is 10.9. The third kappa shape index (κ3) is 5.12. The van der Waals surface area contributed by atoms with Gasteiger partial charge >= 0.3 is 11.9 Å². The van der Waals surface area contributed by atoms with E-state index in [9.17, 15) is 9.59 Å². The Labute approximate surface area is 113 Å². The van der Waals surface area contributed by atoms with E-state index in [2.05, 4.69) is 0 Å². The Morgan fingerprint density at radius 3 is 2.32 bits per heavy atom. The van der Waals surface area contributed by atoms with E-state index in [1.807, 2.05) is 30.3 Å². The van der Waals surface area contributed by atoms with E-state index in [1.54, 1.807) is 20.8 Å². The number of hydrogen-bond donors (Lipinski definition) is 0. The monoisotopic (exact) mass is 264 g/mol. The molecule has 0 amide bonds. The molecule has 0 saturated heterocycles. The van der Waals surface area contributed by atoms with E-state index < -0.39 is 11.4 Å². The van der Waals surface area contributed by atoms with Crippen LogP contribution in [0.4, 0.5) is 0 Å². The van der Waals surface area contributed by atoms with Gasteiger partial charge in [-0.3, -0.25) is 9.59 Å². The minimum atomic E-state index is -0.874. The average molecular weight is 264 g/mol. The van der Waals surface area contributed by atoms with Crippen molar-refractivity contribution in [1.82, 2.24) is 0 Å². The Morgan fingerprint density at radius 1 is 1.11 bits per heavy atom. The van der Waals surface area contributed by atoms with Crippen molar-refractivity contribution in [2.45, 2.75) is 33.8 Å². The summed E-state index contributed by atoms with van der Waals surface area (Å²) in [6, 6.07) is 9.42. The average Bonchev–Trinajstić information content (AvgIpc) is 2.36. The van der Waals surface area contributed by atoms with Crippen molar-refractivity contribution in [2.24, 2.45) is 5.41 Å². The van der Waals surface area contributed by atoms with Gasteiger partial charge < -0.3 is 9.47 Å². The first-order valence-corrected chi connectivity index (χ1v) is 6.32. The van der Waals surface area contributed by atoms with Crippen LogP contribution in [0.2, 0.25) is 0 Å². The van der Waals surface area contributed by atoms with Crippen LogP contribution in [-0.2, 0) is 25.7 Å². The standard InChI is InChI=1S/C15H20O4/c1-4-18-13(16)10-15(2,3)14(17)19-11-12-8-6-5-7-9-12/h5-9H,4,10-11H2,1-3H3. The van der Waals surface area contributed by atoms with Crippen molar-refractivity contribution < 1.29 is 19.1 Å². The highest BCUT2D eigenvalue weighted by Gasteiger charge is 2.32. The van der Waals surface area contributed by atoms with Crippen LogP contribution < -0.4 is 0 Å². The van der Waals surface area contributed by atoms with Gasteiger partial charge in [0.05, 0.1) is 18.4 Å². The third-order valence-electron chi connectivity index (χ3n) is 2.66. The number of benzene rings is 1. The fourth-order valence-electron chi connectivity index (χ4n) is 1.56. The first-order chi connectivity index (χ1) is 8.95. The van der Waals surface area contributed by atoms with Crippen LogP contribution in [0.15, 0.2) is 30.3 Å². The van der Waals surface area contributed by atoms with Crippen LogP contribution in [0, 0.1) is 5.41 Å². The van der Waals surface area contributed by atoms with Gasteiger partial charge in [0.1, 0.15) is 6.61 Å². The lowest BCUT2D eigenvalue weighted by Gasteiger charge is -2.21. The van der Waals surface area contributed by atoms with Gasteiger partial charge in [-0.25, -0.2) is 0 Å². The fourth-order valence-corrected chi connectivity index (χ4v) is 1.56. The van der Waals surface area contributed by atoms with E-state index in [1.165, 1.54) is 0 Å². The maximum atomic E-state index is 11.9. The number of esters is 2. The Morgan fingerprint density at radius 2 is 1.74 bits per heavy atom. The lowest BCUT2D eigenvalue weighted by molar-refractivity contribution is -0.161. The highest BCUT2D eigenvalue weighted by Crippen LogP contribution is 2.23. The molecule has 0 spiro atoms. The molecule has 1 aromatic carbocycles. The minimum absolute atomic E-state index is 0.0223. The molecule has 0 aliphatic rings. The second kappa shape index (κ2) is 6.92. The molecule has 0 N–H and O–H groups in total. The Hall–Kier alpha value is -1.84. The van der Waals surface area contributed by atoms with Gasteiger partial charge in [-0.2, -0.15) is 0 Å². The summed E-state index contributed by atoms with van der Waals surface area (Å²) in [5.41, 5.74) is 0.0453. The maximum absolute atomic E-state index is 11.9. The zero-order valence-electron chi connectivity index (χ0n) is 11.6. The molecule has 0 fully saturated rings. The molecule has 0 saturated carbocycles. The quantitative estimate of drug-likeness (QED) is 0.741. The van der Waals surface area contributed by atoms with Crippen LogP contribution in [0.1, 0.15) is 32.8 Å². The van der Waals surface area contributed by atoms with Gasteiger partial charge in [0, 0.05) is 0 Å². The van der Waals surface area contributed by atoms with Crippen molar-refractivity contribution in [2.75, 3.05) is 6.61 Å². The van der Waals surface area contributed by atoms with Crippen molar-refractivity contribution in [3.63, 3.8) is 0 Å². The molecule has 0 unspecified atom stereocenters. The number of ether oxygens (including phenoxy) is 2. The zero-order chi connectivity index (χ0) is 14.3. The second-order valence-electron chi connectivity index (χ2n) is 4.93. The van der Waals surface area contributed by atoms with Crippen molar-refractivity contribution in [3.8, 4) is 0 Å². The van der Waals surface area contributed by atoms with Crippen molar-refractivity contribution in [1.29, 1.82) is 0 Å². The second-order valence-corrected chi connectivity index (χ2v) is 4.93. The Balaban J connectivity index is 2.49. The molecule has 1 aromatic rings. The van der Waals surface area contributed by atoms with Gasteiger partial charge in [0.25, 0.3) is 0 Å². The molecule has 104 valence electrons. The molecule has 1 rings (SSSR count). The van der Waals surface area contributed by atoms with E-state index in [0.29, 0.717) is 6.61 Å². The molecular weight excluding hydrogens is 244 g/mol. The van der Waals surface area contributed by atoms with Gasteiger partial charge in [-0.15, -0.1) is 0 Å². The topological polar surface area (TPSA) is 52.6 Å². The highest BCUT2D eigenvalue weighted by atomic mass is 16.5. The van der Waals surface area contributed by atoms with Crippen LogP contribution in [0.25, 0.3) is 0 Å². The number of hydrogen-bond acceptors (Lipinski definition) is 4. The lowest BCUT2D eigenvalue weighted by atomic mass is 9.89. The molecule has 0 heterocycles. The molecule has 0 radical (unpaired) electrons. The summed E-state index contributed by atoms with van der Waals surface area (Å²) >= 11 is 0. The van der Waals surface area contributed by atoms with Gasteiger partial charge in [-0.1, -0.05) is 30.3 Å². The third-order valence-corrected chi connectivity index (χ3v) is 2.66. The maximum Gasteiger partial charge on any atom is 0.312 e. The first-order valence-electron chi connectivity index (χ1n) is 6.32. The number of rotatable bonds is 6. The largest absolute Gasteiger partial charge is 0.466 e. The molecule has 0 bridgehead atoms. The molecule has 0 aliphatic carbocycles. The van der Waals surface area contributed by atoms with E-state index >= 15 is 0 Å². The van der Waals surface area contributed by atoms with Crippen molar-refractivity contribution in [3.05, 3.63) is 35.9 Å². The van der Waals surface area contributed by atoms with Crippen LogP contribution in [0.5, 0.6) is 0 Å². The summed E-state index contributed by atoms with van der Waals surface area (Å²) in [6.07, 6.45) is 0.0223. The molecule has 0 aliphatic heterocycles. The Kier molecular flexibility index (Phi) is 5.55. The molecule has 19 heavy (non-hydrogen) atoms. The van der Waals surface area contributed by atoms with Crippen molar-refractivity contribution >= 4 is 11.9 Å². The predicted molar refractivity (Wildman–Crippen MR) is 71.3 cm³/mol. The van der Waals surface area contributed by atoms with Gasteiger partial charge in [-0.05, 0) is 26.3 Å². The molecule has 4 nitrogen and oxygen atoms in total. The molecule has 0 atom stereocenters. The fraction of sp³-hybridized carbons (Fsp3) is 0.467. The van der Waals surface area contributed by atoms with Crippen LogP contribution >= 0.6 is 0 Å². The first kappa shape index (κ1) is 15.2. The van der Waals surface area contributed by atoms with E-state index in [0.717, 1.165) is 5.56 Å². The zero-order valence-corrected chi connectivity index (χ0v) is 11.6. The summed E-state index contributed by atoms with van der Waals surface area (Å²) < 4.78 is 10.1. The van der Waals surface area contributed by atoms with Crippen LogP contribution in [-0.4, -0.2) is 18.5 Å². The molecule has 4 heteroatoms. The summed E-state index contributed by atoms with van der Waals surface area (Å²) in [5.74, 6) is -0.784. The number of carbonyl (C=O) groups is 2. The van der Waals surface area contributed by atoms with Crippen LogP contribution in [0.3, 0.4) is 0 Å². The summed E-state index contributed by atoms with van der Waals surface area (Å²) in [7, 11) is 0. The van der Waals surface area contributed by atoms with Gasteiger partial charge in [0.2, 0.25) is 0 Å². The smallest absolute Gasteiger partial charge is 0.312 e. The van der Waals surface area contributed by atoms with E-state index in [4.69, 9.17) is 9.47 Å². The SMILES string of the molecule is CCOC(=O)CC(C)(C)C(=O)OCc1ccccc1. The van der Waals surface area contributed by atoms with E-state index in [-0.39, 0.29) is 19.0 Å². The van der Waals surface area contributed by atoms with Gasteiger partial charge in [0.15, 0.2) is 0 Å². The summed E-state index contributed by atoms with van der Waals surface area (Å²) in [4.78, 5) is 23.4. The minimum Gasteiger partial charge on any atom is -0.466 e. The molecular formula is C15H20O4. The summed E-state index contributed by atoms with van der Waals surface area (Å²) in [5, 5.41) is 0. The predicted octanol–water partition coefficient (Wildman–Crippen LogP) is 2.71. The highest BCUT2D eigenvalue weighted by molar-refractivity contribution is 5.82.